The molecule has 1 saturated heterocycles. The molecule has 1 heterocycles. The number of nitrogens with one attached hydrogen (secondary N) is 1. The zero-order chi connectivity index (χ0) is 16.3. The summed E-state index contributed by atoms with van der Waals surface area (Å²) < 4.78 is 37.9. The first-order valence-corrected chi connectivity index (χ1v) is 8.86. The molecule has 0 saturated carbocycles. The lowest BCUT2D eigenvalue weighted by atomic mass is 10.1. The van der Waals surface area contributed by atoms with E-state index in [2.05, 4.69) is 5.32 Å². The minimum Gasteiger partial charge on any atom is -0.340 e. The first kappa shape index (κ1) is 16.9. The van der Waals surface area contributed by atoms with Crippen LogP contribution in [0.5, 0.6) is 0 Å². The Balaban J connectivity index is 2.17. The van der Waals surface area contributed by atoms with Crippen LogP contribution in [-0.4, -0.2) is 50.7 Å². The summed E-state index contributed by atoms with van der Waals surface area (Å²) in [6, 6.07) is 4.75. The van der Waals surface area contributed by atoms with Crippen LogP contribution in [0.4, 0.5) is 4.39 Å². The Hall–Kier alpha value is -1.47. The van der Waals surface area contributed by atoms with Gasteiger partial charge in [-0.15, -0.1) is 0 Å². The van der Waals surface area contributed by atoms with Crippen molar-refractivity contribution in [1.82, 2.24) is 10.2 Å². The molecule has 1 aromatic rings. The molecule has 1 N–H and O–H groups in total. The van der Waals surface area contributed by atoms with Crippen LogP contribution < -0.4 is 5.32 Å². The molecule has 1 aliphatic heterocycles. The molecule has 0 bridgehead atoms. The minimum absolute atomic E-state index is 0.0306. The smallest absolute Gasteiger partial charge is 0.241 e. The van der Waals surface area contributed by atoms with Gasteiger partial charge in [-0.2, -0.15) is 0 Å². The first-order chi connectivity index (χ1) is 10.4. The van der Waals surface area contributed by atoms with E-state index in [1.807, 2.05) is 7.05 Å². The summed E-state index contributed by atoms with van der Waals surface area (Å²) in [7, 11) is -1.98. The highest BCUT2D eigenvalue weighted by Crippen LogP contribution is 2.20. The van der Waals surface area contributed by atoms with Crippen LogP contribution in [-0.2, 0) is 14.6 Å². The van der Waals surface area contributed by atoms with Crippen molar-refractivity contribution in [2.45, 2.75) is 36.0 Å². The zero-order valence-corrected chi connectivity index (χ0v) is 13.6. The van der Waals surface area contributed by atoms with Crippen molar-refractivity contribution in [3.63, 3.8) is 0 Å². The molecule has 0 aromatic heterocycles. The molecule has 1 fully saturated rings. The average Bonchev–Trinajstić information content (AvgIpc) is 2.53. The second-order valence-corrected chi connectivity index (χ2v) is 7.82. The molecule has 7 heteroatoms. The molecule has 1 aromatic carbocycles. The number of hydrogen-bond acceptors (Lipinski definition) is 4. The molecule has 1 aliphatic rings. The van der Waals surface area contributed by atoms with E-state index in [9.17, 15) is 17.6 Å². The van der Waals surface area contributed by atoms with Gasteiger partial charge in [-0.1, -0.05) is 0 Å². The van der Waals surface area contributed by atoms with Crippen molar-refractivity contribution >= 4 is 15.7 Å². The van der Waals surface area contributed by atoms with Crippen LogP contribution in [0.15, 0.2) is 29.2 Å². The molecule has 1 amide bonds. The maximum absolute atomic E-state index is 12.9. The van der Waals surface area contributed by atoms with E-state index in [4.69, 9.17) is 0 Å². The third-order valence-corrected chi connectivity index (χ3v) is 6.16. The van der Waals surface area contributed by atoms with Crippen LogP contribution in [0, 0.1) is 5.82 Å². The third-order valence-electron chi connectivity index (χ3n) is 4.10. The Morgan fingerprint density at radius 1 is 1.36 bits per heavy atom. The highest BCUT2D eigenvalue weighted by molar-refractivity contribution is 7.92. The van der Waals surface area contributed by atoms with Gasteiger partial charge in [0.15, 0.2) is 9.84 Å². The van der Waals surface area contributed by atoms with Crippen LogP contribution >= 0.6 is 0 Å². The molecule has 2 rings (SSSR count). The van der Waals surface area contributed by atoms with Crippen molar-refractivity contribution < 1.29 is 17.6 Å². The maximum Gasteiger partial charge on any atom is 0.241 e. The maximum atomic E-state index is 12.9. The number of rotatable bonds is 4. The number of likely N-dealkylation sites (tertiary alicyclic amines) is 1. The lowest BCUT2D eigenvalue weighted by molar-refractivity contribution is -0.131. The monoisotopic (exact) mass is 328 g/mol. The van der Waals surface area contributed by atoms with E-state index in [1.54, 1.807) is 4.90 Å². The van der Waals surface area contributed by atoms with E-state index in [0.717, 1.165) is 25.0 Å². The second kappa shape index (κ2) is 6.75. The third kappa shape index (κ3) is 3.47. The number of nitrogens with zero attached hydrogens (tertiary/aromatic N) is 1. The Bertz CT molecular complexity index is 631. The first-order valence-electron chi connectivity index (χ1n) is 7.31. The minimum atomic E-state index is -3.81. The Kier molecular flexibility index (Phi) is 5.18. The number of sulfone groups is 1. The highest BCUT2D eigenvalue weighted by atomic mass is 32.2. The number of carbonyl (C=O) groups is 1. The van der Waals surface area contributed by atoms with Gasteiger partial charge in [0.1, 0.15) is 11.1 Å². The molecule has 0 unspecified atom stereocenters. The fourth-order valence-electron chi connectivity index (χ4n) is 2.63. The van der Waals surface area contributed by atoms with E-state index in [0.29, 0.717) is 13.1 Å². The van der Waals surface area contributed by atoms with Crippen molar-refractivity contribution in [2.24, 2.45) is 0 Å². The van der Waals surface area contributed by atoms with Gasteiger partial charge in [-0.05, 0) is 51.1 Å². The van der Waals surface area contributed by atoms with Gasteiger partial charge in [0, 0.05) is 19.1 Å². The van der Waals surface area contributed by atoms with E-state index < -0.39 is 26.8 Å². The number of likely N-dealkylation sites (N-methyl/N-ethyl adjacent to an activating group) is 1. The fraction of sp³-hybridized carbons (Fsp3) is 0.533. The largest absolute Gasteiger partial charge is 0.340 e. The number of halogens is 1. The van der Waals surface area contributed by atoms with Gasteiger partial charge in [-0.3, -0.25) is 4.79 Å². The van der Waals surface area contributed by atoms with Crippen molar-refractivity contribution in [2.75, 3.05) is 20.1 Å². The van der Waals surface area contributed by atoms with Crippen LogP contribution in [0.2, 0.25) is 0 Å². The normalized spacial score (nSPS) is 20.7. The number of carbonyl (C=O) groups excluding carboxylic acids is 1. The molecular formula is C15H21FN2O3S. The predicted molar refractivity (Wildman–Crippen MR) is 81.7 cm³/mol. The standard InChI is InChI=1S/C15H21FN2O3S/c1-11(15(19)18-9-3-4-13(10-18)17-2)22(20,21)14-7-5-12(16)6-8-14/h5-8,11,13,17H,3-4,9-10H2,1-2H3/t11-,13-/m0/s1. The Morgan fingerprint density at radius 3 is 2.59 bits per heavy atom. The molecule has 0 radical (unpaired) electrons. The molecule has 122 valence electrons. The topological polar surface area (TPSA) is 66.5 Å². The van der Waals surface area contributed by atoms with Crippen molar-refractivity contribution in [3.05, 3.63) is 30.1 Å². The number of piperidine rings is 1. The quantitative estimate of drug-likeness (QED) is 0.844. The lowest BCUT2D eigenvalue weighted by Gasteiger charge is -2.34. The summed E-state index contributed by atoms with van der Waals surface area (Å²) in [5.41, 5.74) is 0. The van der Waals surface area contributed by atoms with E-state index in [-0.39, 0.29) is 10.9 Å². The second-order valence-electron chi connectivity index (χ2n) is 5.55. The molecule has 2 atom stereocenters. The predicted octanol–water partition coefficient (Wildman–Crippen LogP) is 1.20. The molecule has 5 nitrogen and oxygen atoms in total. The van der Waals surface area contributed by atoms with Gasteiger partial charge >= 0.3 is 0 Å². The molecule has 0 aliphatic carbocycles. The summed E-state index contributed by atoms with van der Waals surface area (Å²) in [4.78, 5) is 14.1. The number of benzene rings is 1. The average molecular weight is 328 g/mol. The SMILES string of the molecule is CN[C@H]1CCCN(C(=O)[C@H](C)S(=O)(=O)c2ccc(F)cc2)C1. The Labute approximate surface area is 130 Å². The van der Waals surface area contributed by atoms with Crippen molar-refractivity contribution in [3.8, 4) is 0 Å². The number of hydrogen-bond donors (Lipinski definition) is 1. The fourth-order valence-corrected chi connectivity index (χ4v) is 3.97. The van der Waals surface area contributed by atoms with Crippen molar-refractivity contribution in [1.29, 1.82) is 0 Å². The van der Waals surface area contributed by atoms with Crippen LogP contribution in [0.25, 0.3) is 0 Å². The van der Waals surface area contributed by atoms with E-state index >= 15 is 0 Å². The van der Waals surface area contributed by atoms with Gasteiger partial charge in [0.25, 0.3) is 0 Å². The summed E-state index contributed by atoms with van der Waals surface area (Å²) >= 11 is 0. The Morgan fingerprint density at radius 2 is 2.00 bits per heavy atom. The number of amides is 1. The zero-order valence-electron chi connectivity index (χ0n) is 12.8. The summed E-state index contributed by atoms with van der Waals surface area (Å²) in [5, 5.41) is 1.95. The van der Waals surface area contributed by atoms with Gasteiger partial charge in [-0.25, -0.2) is 12.8 Å². The van der Waals surface area contributed by atoms with Gasteiger partial charge in [0.05, 0.1) is 4.90 Å². The van der Waals surface area contributed by atoms with Gasteiger partial charge < -0.3 is 10.2 Å². The van der Waals surface area contributed by atoms with Gasteiger partial charge in [0.2, 0.25) is 5.91 Å². The molecule has 0 spiro atoms. The molecule has 22 heavy (non-hydrogen) atoms. The summed E-state index contributed by atoms with van der Waals surface area (Å²) in [6.45, 7) is 2.48. The molecular weight excluding hydrogens is 307 g/mol. The lowest BCUT2D eigenvalue weighted by Crippen LogP contribution is -2.50. The highest BCUT2D eigenvalue weighted by Gasteiger charge is 2.34. The van der Waals surface area contributed by atoms with Crippen LogP contribution in [0.3, 0.4) is 0 Å². The summed E-state index contributed by atoms with van der Waals surface area (Å²) in [6.07, 6.45) is 1.82. The summed E-state index contributed by atoms with van der Waals surface area (Å²) in [5.74, 6) is -0.907. The van der Waals surface area contributed by atoms with E-state index in [1.165, 1.54) is 19.1 Å². The van der Waals surface area contributed by atoms with Crippen LogP contribution in [0.1, 0.15) is 19.8 Å².